The minimum atomic E-state index is -3.55. The molecule has 2 aromatic rings. The molecule has 0 radical (unpaired) electrons. The average molecular weight is 304 g/mol. The maximum atomic E-state index is 12.3. The molecule has 0 saturated carbocycles. The van der Waals surface area contributed by atoms with Crippen LogP contribution >= 0.6 is 0 Å². The molecule has 0 bridgehead atoms. The average Bonchev–Trinajstić information content (AvgIpc) is 2.46. The topological polar surface area (TPSA) is 58.2 Å². The van der Waals surface area contributed by atoms with Crippen LogP contribution in [0.15, 0.2) is 53.4 Å². The van der Waals surface area contributed by atoms with E-state index >= 15 is 0 Å². The number of benzene rings is 2. The Labute approximate surface area is 126 Å². The molecule has 2 aromatic carbocycles. The molecular formula is C16H20N2O2S. The number of nitrogens with one attached hydrogen (secondary N) is 2. The first-order valence-corrected chi connectivity index (χ1v) is 8.27. The van der Waals surface area contributed by atoms with Gasteiger partial charge in [-0.15, -0.1) is 0 Å². The van der Waals surface area contributed by atoms with Gasteiger partial charge in [-0.25, -0.2) is 8.42 Å². The van der Waals surface area contributed by atoms with Gasteiger partial charge in [-0.3, -0.25) is 4.72 Å². The second-order valence-electron chi connectivity index (χ2n) is 5.05. The van der Waals surface area contributed by atoms with E-state index in [1.54, 1.807) is 30.3 Å². The van der Waals surface area contributed by atoms with E-state index in [-0.39, 0.29) is 10.9 Å². The van der Waals surface area contributed by atoms with Gasteiger partial charge in [0.15, 0.2) is 0 Å². The van der Waals surface area contributed by atoms with Gasteiger partial charge in [-0.2, -0.15) is 0 Å². The second kappa shape index (κ2) is 6.28. The monoisotopic (exact) mass is 304 g/mol. The lowest BCUT2D eigenvalue weighted by Gasteiger charge is -2.13. The number of aryl methyl sites for hydroxylation is 1. The van der Waals surface area contributed by atoms with Gasteiger partial charge >= 0.3 is 0 Å². The van der Waals surface area contributed by atoms with Crippen LogP contribution in [0.1, 0.15) is 24.1 Å². The highest BCUT2D eigenvalue weighted by Crippen LogP contribution is 2.20. The minimum absolute atomic E-state index is 0.161. The normalized spacial score (nSPS) is 12.9. The molecular weight excluding hydrogens is 284 g/mol. The van der Waals surface area contributed by atoms with Crippen molar-refractivity contribution in [1.82, 2.24) is 5.32 Å². The summed E-state index contributed by atoms with van der Waals surface area (Å²) in [6.45, 7) is 3.94. The summed E-state index contributed by atoms with van der Waals surface area (Å²) in [6, 6.07) is 14.3. The summed E-state index contributed by atoms with van der Waals surface area (Å²) in [5.74, 6) is 0. The van der Waals surface area contributed by atoms with Gasteiger partial charge in [0, 0.05) is 11.7 Å². The molecule has 21 heavy (non-hydrogen) atoms. The quantitative estimate of drug-likeness (QED) is 0.892. The highest BCUT2D eigenvalue weighted by molar-refractivity contribution is 7.92. The third kappa shape index (κ3) is 3.83. The van der Waals surface area contributed by atoms with E-state index in [9.17, 15) is 8.42 Å². The van der Waals surface area contributed by atoms with Gasteiger partial charge in [-0.1, -0.05) is 29.8 Å². The summed E-state index contributed by atoms with van der Waals surface area (Å²) >= 11 is 0. The van der Waals surface area contributed by atoms with E-state index in [2.05, 4.69) is 10.0 Å². The highest BCUT2D eigenvalue weighted by atomic mass is 32.2. The maximum absolute atomic E-state index is 12.3. The number of rotatable bonds is 5. The van der Waals surface area contributed by atoms with Crippen molar-refractivity contribution in [2.75, 3.05) is 11.8 Å². The molecule has 0 fully saturated rings. The summed E-state index contributed by atoms with van der Waals surface area (Å²) in [5.41, 5.74) is 2.62. The zero-order valence-electron chi connectivity index (χ0n) is 12.4. The zero-order chi connectivity index (χ0) is 15.5. The molecule has 0 aliphatic heterocycles. The first-order valence-electron chi connectivity index (χ1n) is 6.79. The van der Waals surface area contributed by atoms with Crippen LogP contribution in [0.25, 0.3) is 0 Å². The Morgan fingerprint density at radius 1 is 1.05 bits per heavy atom. The Morgan fingerprint density at radius 2 is 1.71 bits per heavy atom. The molecule has 0 aliphatic carbocycles. The molecule has 0 aromatic heterocycles. The third-order valence-corrected chi connectivity index (χ3v) is 4.80. The molecule has 2 N–H and O–H groups in total. The molecule has 2 rings (SSSR count). The first-order chi connectivity index (χ1) is 9.92. The van der Waals surface area contributed by atoms with E-state index in [1.165, 1.54) is 0 Å². The van der Waals surface area contributed by atoms with Crippen molar-refractivity contribution in [2.45, 2.75) is 24.8 Å². The molecule has 1 unspecified atom stereocenters. The lowest BCUT2D eigenvalue weighted by Crippen LogP contribution is -2.15. The van der Waals surface area contributed by atoms with Crippen LogP contribution in [-0.2, 0) is 10.0 Å². The fourth-order valence-electron chi connectivity index (χ4n) is 1.97. The molecule has 4 nitrogen and oxygen atoms in total. The lowest BCUT2D eigenvalue weighted by atomic mass is 10.1. The van der Waals surface area contributed by atoms with E-state index in [1.807, 2.05) is 39.1 Å². The fraction of sp³-hybridized carbons (Fsp3) is 0.250. The zero-order valence-corrected chi connectivity index (χ0v) is 13.2. The van der Waals surface area contributed by atoms with Crippen LogP contribution in [-0.4, -0.2) is 15.5 Å². The Morgan fingerprint density at radius 3 is 2.33 bits per heavy atom. The van der Waals surface area contributed by atoms with Gasteiger partial charge in [0.2, 0.25) is 0 Å². The SMILES string of the molecule is CNC(C)c1cccc(NS(=O)(=O)c2ccc(C)cc2)c1. The Hall–Kier alpha value is -1.85. The van der Waals surface area contributed by atoms with E-state index < -0.39 is 10.0 Å². The summed E-state index contributed by atoms with van der Waals surface area (Å²) in [6.07, 6.45) is 0. The van der Waals surface area contributed by atoms with Gasteiger partial charge < -0.3 is 5.32 Å². The number of sulfonamides is 1. The predicted octanol–water partition coefficient (Wildman–Crippen LogP) is 3.08. The minimum Gasteiger partial charge on any atom is -0.313 e. The van der Waals surface area contributed by atoms with Crippen LogP contribution in [0.4, 0.5) is 5.69 Å². The van der Waals surface area contributed by atoms with Crippen molar-refractivity contribution in [3.8, 4) is 0 Å². The number of anilines is 1. The van der Waals surface area contributed by atoms with Gasteiger partial charge in [0.1, 0.15) is 0 Å². The summed E-state index contributed by atoms with van der Waals surface area (Å²) in [7, 11) is -1.68. The molecule has 0 amide bonds. The summed E-state index contributed by atoms with van der Waals surface area (Å²) in [5, 5.41) is 3.13. The Bertz CT molecular complexity index is 709. The Kier molecular flexibility index (Phi) is 4.65. The van der Waals surface area contributed by atoms with Crippen LogP contribution in [0.5, 0.6) is 0 Å². The van der Waals surface area contributed by atoms with Crippen LogP contribution in [0.2, 0.25) is 0 Å². The number of hydrogen-bond acceptors (Lipinski definition) is 3. The van der Waals surface area contributed by atoms with Crippen LogP contribution in [0, 0.1) is 6.92 Å². The van der Waals surface area contributed by atoms with E-state index in [4.69, 9.17) is 0 Å². The molecule has 1 atom stereocenters. The second-order valence-corrected chi connectivity index (χ2v) is 6.74. The maximum Gasteiger partial charge on any atom is 0.261 e. The molecule has 0 heterocycles. The van der Waals surface area contributed by atoms with E-state index in [0.717, 1.165) is 11.1 Å². The highest BCUT2D eigenvalue weighted by Gasteiger charge is 2.14. The lowest BCUT2D eigenvalue weighted by molar-refractivity contribution is 0.601. The van der Waals surface area contributed by atoms with Crippen molar-refractivity contribution < 1.29 is 8.42 Å². The molecule has 0 spiro atoms. The standard InChI is InChI=1S/C16H20N2O2S/c1-12-7-9-16(10-8-12)21(19,20)18-15-6-4-5-14(11-15)13(2)17-3/h4-11,13,17-18H,1-3H3. The molecule has 0 saturated heterocycles. The van der Waals surface area contributed by atoms with Gasteiger partial charge in [0.25, 0.3) is 10.0 Å². The van der Waals surface area contributed by atoms with Crippen LogP contribution in [0.3, 0.4) is 0 Å². The third-order valence-electron chi connectivity index (χ3n) is 3.40. The summed E-state index contributed by atoms with van der Waals surface area (Å²) < 4.78 is 27.3. The van der Waals surface area contributed by atoms with E-state index in [0.29, 0.717) is 5.69 Å². The predicted molar refractivity (Wildman–Crippen MR) is 85.9 cm³/mol. The fourth-order valence-corrected chi connectivity index (χ4v) is 3.02. The van der Waals surface area contributed by atoms with Gasteiger partial charge in [-0.05, 0) is 50.7 Å². The van der Waals surface area contributed by atoms with Crippen molar-refractivity contribution >= 4 is 15.7 Å². The molecule has 112 valence electrons. The van der Waals surface area contributed by atoms with Crippen molar-refractivity contribution in [1.29, 1.82) is 0 Å². The smallest absolute Gasteiger partial charge is 0.261 e. The van der Waals surface area contributed by atoms with Gasteiger partial charge in [0.05, 0.1) is 4.90 Å². The van der Waals surface area contributed by atoms with Crippen molar-refractivity contribution in [3.05, 3.63) is 59.7 Å². The Balaban J connectivity index is 2.26. The van der Waals surface area contributed by atoms with Crippen LogP contribution < -0.4 is 10.0 Å². The molecule has 0 aliphatic rings. The molecule has 5 heteroatoms. The first kappa shape index (κ1) is 15.5. The van der Waals surface area contributed by atoms with Crippen molar-refractivity contribution in [3.63, 3.8) is 0 Å². The summed E-state index contributed by atoms with van der Waals surface area (Å²) in [4.78, 5) is 0.264. The largest absolute Gasteiger partial charge is 0.313 e. The van der Waals surface area contributed by atoms with Crippen molar-refractivity contribution in [2.24, 2.45) is 0 Å². The number of hydrogen-bond donors (Lipinski definition) is 2.